The van der Waals surface area contributed by atoms with Gasteiger partial charge in [-0.3, -0.25) is 4.79 Å². The van der Waals surface area contributed by atoms with Crippen LogP contribution in [0.25, 0.3) is 0 Å². The maximum Gasteiger partial charge on any atom is 0.322 e. The Kier molecular flexibility index (Phi) is 6.44. The van der Waals surface area contributed by atoms with Crippen molar-refractivity contribution in [2.24, 2.45) is 0 Å². The van der Waals surface area contributed by atoms with Gasteiger partial charge in [0.15, 0.2) is 6.61 Å². The molecule has 3 rings (SSSR count). The summed E-state index contributed by atoms with van der Waals surface area (Å²) in [4.78, 5) is 20.8. The van der Waals surface area contributed by atoms with E-state index < -0.39 is 0 Å². The van der Waals surface area contributed by atoms with E-state index in [1.165, 1.54) is 5.56 Å². The number of hydrogen-bond acceptors (Lipinski definition) is 5. The molecule has 2 aromatic carbocycles. The second-order valence-electron chi connectivity index (χ2n) is 7.13. The fourth-order valence-electron chi connectivity index (χ4n) is 2.79. The van der Waals surface area contributed by atoms with Crippen LogP contribution in [0, 0.1) is 13.8 Å². The number of carbonyl (C=O) groups is 1. The average molecular weight is 391 g/mol. The van der Waals surface area contributed by atoms with Crippen LogP contribution in [0.15, 0.2) is 54.6 Å². The number of ether oxygens (including phenoxy) is 2. The number of rotatable bonds is 7. The minimum atomic E-state index is -0.250. The highest BCUT2D eigenvalue weighted by molar-refractivity contribution is 5.92. The summed E-state index contributed by atoms with van der Waals surface area (Å²) < 4.78 is 11.3. The van der Waals surface area contributed by atoms with Gasteiger partial charge in [0.2, 0.25) is 0 Å². The molecule has 0 aliphatic heterocycles. The van der Waals surface area contributed by atoms with Crippen molar-refractivity contribution in [1.29, 1.82) is 0 Å². The highest BCUT2D eigenvalue weighted by Gasteiger charge is 2.08. The summed E-state index contributed by atoms with van der Waals surface area (Å²) >= 11 is 0. The highest BCUT2D eigenvalue weighted by atomic mass is 16.5. The number of hydrogen-bond donors (Lipinski definition) is 1. The number of anilines is 1. The Balaban J connectivity index is 1.59. The molecule has 0 fully saturated rings. The van der Waals surface area contributed by atoms with Crippen molar-refractivity contribution in [1.82, 2.24) is 9.97 Å². The normalized spacial score (nSPS) is 10.7. The first-order valence-electron chi connectivity index (χ1n) is 9.52. The molecule has 0 atom stereocenters. The van der Waals surface area contributed by atoms with E-state index in [4.69, 9.17) is 9.47 Å². The number of aryl methyl sites for hydroxylation is 2. The summed E-state index contributed by atoms with van der Waals surface area (Å²) in [6.45, 7) is 7.92. The molecule has 6 nitrogen and oxygen atoms in total. The van der Waals surface area contributed by atoms with E-state index in [0.29, 0.717) is 23.1 Å². The Labute approximate surface area is 170 Å². The van der Waals surface area contributed by atoms with E-state index in [9.17, 15) is 4.79 Å². The van der Waals surface area contributed by atoms with Crippen molar-refractivity contribution in [2.75, 3.05) is 11.9 Å². The second-order valence-corrected chi connectivity index (χ2v) is 7.13. The first-order chi connectivity index (χ1) is 13.9. The summed E-state index contributed by atoms with van der Waals surface area (Å²) in [6.07, 6.45) is 0. The Morgan fingerprint density at radius 2 is 1.66 bits per heavy atom. The number of aromatic nitrogens is 2. The Hall–Kier alpha value is -3.41. The number of benzene rings is 2. The summed E-state index contributed by atoms with van der Waals surface area (Å²) in [7, 11) is 0. The van der Waals surface area contributed by atoms with Crippen molar-refractivity contribution in [3.05, 3.63) is 71.5 Å². The van der Waals surface area contributed by atoms with Crippen LogP contribution in [0.2, 0.25) is 0 Å². The van der Waals surface area contributed by atoms with Gasteiger partial charge in [-0.25, -0.2) is 9.97 Å². The molecule has 1 heterocycles. The third-order valence-corrected chi connectivity index (χ3v) is 4.18. The van der Waals surface area contributed by atoms with Crippen LogP contribution in [0.1, 0.15) is 36.7 Å². The smallest absolute Gasteiger partial charge is 0.322 e. The first-order valence-corrected chi connectivity index (χ1v) is 9.52. The third-order valence-electron chi connectivity index (χ3n) is 4.18. The Morgan fingerprint density at radius 3 is 2.38 bits per heavy atom. The predicted molar refractivity (Wildman–Crippen MR) is 113 cm³/mol. The molecule has 6 heteroatoms. The molecule has 0 saturated heterocycles. The van der Waals surface area contributed by atoms with Gasteiger partial charge in [-0.2, -0.15) is 0 Å². The molecule has 150 valence electrons. The SMILES string of the molecule is Cc1cc(C)nc(Oc2cccc(NC(=O)COc3cccc(C(C)C)c3)c2)n1. The van der Waals surface area contributed by atoms with E-state index in [-0.39, 0.29) is 18.5 Å². The van der Waals surface area contributed by atoms with Crippen LogP contribution in [0.3, 0.4) is 0 Å². The van der Waals surface area contributed by atoms with Crippen LogP contribution in [0.5, 0.6) is 17.5 Å². The first kappa shape index (κ1) is 20.3. The van der Waals surface area contributed by atoms with Gasteiger partial charge in [-0.15, -0.1) is 0 Å². The third kappa shape index (κ3) is 6.04. The number of nitrogens with zero attached hydrogens (tertiary/aromatic N) is 2. The minimum absolute atomic E-state index is 0.0766. The molecular weight excluding hydrogens is 366 g/mol. The zero-order chi connectivity index (χ0) is 20.8. The molecule has 29 heavy (non-hydrogen) atoms. The fourth-order valence-corrected chi connectivity index (χ4v) is 2.79. The summed E-state index contributed by atoms with van der Waals surface area (Å²) in [6, 6.07) is 17.0. The van der Waals surface area contributed by atoms with Crippen LogP contribution in [-0.2, 0) is 4.79 Å². The predicted octanol–water partition coefficient (Wildman–Crippen LogP) is 5.03. The lowest BCUT2D eigenvalue weighted by Crippen LogP contribution is -2.20. The maximum absolute atomic E-state index is 12.3. The molecule has 0 unspecified atom stereocenters. The number of amides is 1. The van der Waals surface area contributed by atoms with Gasteiger partial charge >= 0.3 is 6.01 Å². The van der Waals surface area contributed by atoms with E-state index in [1.807, 2.05) is 44.2 Å². The van der Waals surface area contributed by atoms with Crippen molar-refractivity contribution >= 4 is 11.6 Å². The zero-order valence-corrected chi connectivity index (χ0v) is 17.1. The van der Waals surface area contributed by atoms with Gasteiger partial charge in [0.1, 0.15) is 11.5 Å². The topological polar surface area (TPSA) is 73.3 Å². The number of carbonyl (C=O) groups excluding carboxylic acids is 1. The molecule has 0 saturated carbocycles. The quantitative estimate of drug-likeness (QED) is 0.612. The fraction of sp³-hybridized carbons (Fsp3) is 0.261. The van der Waals surface area contributed by atoms with E-state index in [1.54, 1.807) is 24.3 Å². The van der Waals surface area contributed by atoms with E-state index in [0.717, 1.165) is 11.4 Å². The molecule has 1 aromatic heterocycles. The zero-order valence-electron chi connectivity index (χ0n) is 17.1. The minimum Gasteiger partial charge on any atom is -0.484 e. The van der Waals surface area contributed by atoms with Crippen LogP contribution in [-0.4, -0.2) is 22.5 Å². The molecule has 1 N–H and O–H groups in total. The summed E-state index contributed by atoms with van der Waals surface area (Å²) in [5, 5.41) is 2.81. The molecule has 0 aliphatic carbocycles. The molecule has 1 amide bonds. The van der Waals surface area contributed by atoms with Gasteiger partial charge in [0, 0.05) is 23.1 Å². The van der Waals surface area contributed by atoms with Crippen molar-refractivity contribution < 1.29 is 14.3 Å². The maximum atomic E-state index is 12.3. The van der Waals surface area contributed by atoms with Gasteiger partial charge in [-0.1, -0.05) is 32.0 Å². The van der Waals surface area contributed by atoms with Crippen LogP contribution < -0.4 is 14.8 Å². The van der Waals surface area contributed by atoms with E-state index >= 15 is 0 Å². The standard InChI is InChI=1S/C23H25N3O3/c1-15(2)18-7-5-9-20(12-18)28-14-22(27)26-19-8-6-10-21(13-19)29-23-24-16(3)11-17(4)25-23/h5-13,15H,14H2,1-4H3,(H,26,27). The molecule has 0 bridgehead atoms. The molecule has 0 radical (unpaired) electrons. The molecule has 3 aromatic rings. The van der Waals surface area contributed by atoms with Crippen molar-refractivity contribution in [3.63, 3.8) is 0 Å². The molecular formula is C23H25N3O3. The van der Waals surface area contributed by atoms with Crippen LogP contribution >= 0.6 is 0 Å². The average Bonchev–Trinajstić information content (AvgIpc) is 2.66. The van der Waals surface area contributed by atoms with Gasteiger partial charge in [0.05, 0.1) is 0 Å². The largest absolute Gasteiger partial charge is 0.484 e. The summed E-state index contributed by atoms with van der Waals surface area (Å²) in [5.41, 5.74) is 3.43. The Bertz CT molecular complexity index is 982. The second kappa shape index (κ2) is 9.19. The van der Waals surface area contributed by atoms with E-state index in [2.05, 4.69) is 29.1 Å². The van der Waals surface area contributed by atoms with Gasteiger partial charge in [-0.05, 0) is 55.7 Å². The number of nitrogens with one attached hydrogen (secondary N) is 1. The molecule has 0 spiro atoms. The van der Waals surface area contributed by atoms with Crippen molar-refractivity contribution in [3.8, 4) is 17.5 Å². The monoisotopic (exact) mass is 391 g/mol. The van der Waals surface area contributed by atoms with Crippen molar-refractivity contribution in [2.45, 2.75) is 33.6 Å². The Morgan fingerprint density at radius 1 is 0.966 bits per heavy atom. The lowest BCUT2D eigenvalue weighted by atomic mass is 10.0. The molecule has 0 aliphatic rings. The lowest BCUT2D eigenvalue weighted by Gasteiger charge is -2.11. The highest BCUT2D eigenvalue weighted by Crippen LogP contribution is 2.23. The van der Waals surface area contributed by atoms with Gasteiger partial charge < -0.3 is 14.8 Å². The summed E-state index contributed by atoms with van der Waals surface area (Å²) in [5.74, 6) is 1.37. The van der Waals surface area contributed by atoms with Gasteiger partial charge in [0.25, 0.3) is 5.91 Å². The van der Waals surface area contributed by atoms with Crippen LogP contribution in [0.4, 0.5) is 5.69 Å². The lowest BCUT2D eigenvalue weighted by molar-refractivity contribution is -0.118.